The molecule has 1 fully saturated rings. The Morgan fingerprint density at radius 2 is 1.87 bits per heavy atom. The van der Waals surface area contributed by atoms with Crippen LogP contribution in [0, 0.1) is 0 Å². The van der Waals surface area contributed by atoms with Crippen LogP contribution in [0.5, 0.6) is 0 Å². The summed E-state index contributed by atoms with van der Waals surface area (Å²) in [5.41, 5.74) is -0.469. The maximum atomic E-state index is 11.7. The molecule has 1 saturated carbocycles. The Bertz CT molecular complexity index is 393. The van der Waals surface area contributed by atoms with E-state index in [0.29, 0.717) is 19.0 Å². The Balaban J connectivity index is 2.17. The molecule has 134 valence electrons. The molecular formula is C17H33N3O3. The van der Waals surface area contributed by atoms with E-state index < -0.39 is 5.60 Å². The third-order valence-electron chi connectivity index (χ3n) is 3.96. The van der Waals surface area contributed by atoms with Crippen LogP contribution in [0.15, 0.2) is 0 Å². The van der Waals surface area contributed by atoms with Crippen molar-refractivity contribution in [2.24, 2.45) is 0 Å². The van der Waals surface area contributed by atoms with E-state index in [0.717, 1.165) is 25.7 Å². The number of hydrogen-bond acceptors (Lipinski definition) is 4. The lowest BCUT2D eigenvalue weighted by atomic mass is 10.2. The molecule has 0 aromatic rings. The van der Waals surface area contributed by atoms with Gasteiger partial charge in [0.25, 0.3) is 0 Å². The molecule has 6 heteroatoms. The van der Waals surface area contributed by atoms with Crippen molar-refractivity contribution in [2.75, 3.05) is 6.54 Å². The van der Waals surface area contributed by atoms with Gasteiger partial charge in [0.15, 0.2) is 0 Å². The molecule has 0 saturated heterocycles. The first kappa shape index (κ1) is 19.7. The number of nitrogens with one attached hydrogen (secondary N) is 3. The van der Waals surface area contributed by atoms with Crippen molar-refractivity contribution < 1.29 is 14.3 Å². The molecule has 0 aromatic carbocycles. The summed E-state index contributed by atoms with van der Waals surface area (Å²) in [5, 5.41) is 9.28. The predicted molar refractivity (Wildman–Crippen MR) is 91.3 cm³/mol. The highest BCUT2D eigenvalue weighted by Crippen LogP contribution is 2.19. The van der Waals surface area contributed by atoms with E-state index in [1.165, 1.54) is 0 Å². The van der Waals surface area contributed by atoms with Crippen molar-refractivity contribution in [3.63, 3.8) is 0 Å². The molecule has 0 radical (unpaired) electrons. The summed E-state index contributed by atoms with van der Waals surface area (Å²) in [6.45, 7) is 10.3. The second kappa shape index (κ2) is 9.11. The minimum atomic E-state index is -0.469. The third-order valence-corrected chi connectivity index (χ3v) is 3.96. The number of rotatable bonds is 7. The average Bonchev–Trinajstić information content (AvgIpc) is 2.83. The molecule has 3 atom stereocenters. The molecule has 0 aromatic heterocycles. The lowest BCUT2D eigenvalue weighted by Crippen LogP contribution is -2.39. The van der Waals surface area contributed by atoms with Crippen LogP contribution in [-0.4, -0.2) is 42.3 Å². The molecule has 6 nitrogen and oxygen atoms in total. The monoisotopic (exact) mass is 327 g/mol. The highest BCUT2D eigenvalue weighted by atomic mass is 16.6. The Morgan fingerprint density at radius 3 is 2.48 bits per heavy atom. The molecule has 0 bridgehead atoms. The van der Waals surface area contributed by atoms with Gasteiger partial charge in [-0.1, -0.05) is 6.92 Å². The van der Waals surface area contributed by atoms with Gasteiger partial charge in [0.05, 0.1) is 0 Å². The van der Waals surface area contributed by atoms with Crippen LogP contribution in [0.3, 0.4) is 0 Å². The minimum absolute atomic E-state index is 0.0910. The maximum absolute atomic E-state index is 11.7. The molecule has 3 unspecified atom stereocenters. The van der Waals surface area contributed by atoms with Gasteiger partial charge in [-0.2, -0.15) is 0 Å². The molecule has 0 aliphatic heterocycles. The summed E-state index contributed by atoms with van der Waals surface area (Å²) in [4.78, 5) is 23.5. The lowest BCUT2D eigenvalue weighted by molar-refractivity contribution is -0.121. The molecule has 0 heterocycles. The van der Waals surface area contributed by atoms with Crippen LogP contribution >= 0.6 is 0 Å². The van der Waals surface area contributed by atoms with Crippen molar-refractivity contribution >= 4 is 12.0 Å². The van der Waals surface area contributed by atoms with Gasteiger partial charge >= 0.3 is 6.09 Å². The van der Waals surface area contributed by atoms with Gasteiger partial charge in [-0.05, 0) is 53.4 Å². The zero-order chi connectivity index (χ0) is 17.5. The summed E-state index contributed by atoms with van der Waals surface area (Å²) in [7, 11) is 0. The van der Waals surface area contributed by atoms with Crippen LogP contribution in [0.25, 0.3) is 0 Å². The maximum Gasteiger partial charge on any atom is 0.407 e. The first-order chi connectivity index (χ1) is 10.7. The largest absolute Gasteiger partial charge is 0.444 e. The van der Waals surface area contributed by atoms with Gasteiger partial charge < -0.3 is 20.7 Å². The number of ether oxygens (including phenoxy) is 1. The average molecular weight is 327 g/mol. The second-order valence-electron chi connectivity index (χ2n) is 7.43. The molecule has 3 N–H and O–H groups in total. The predicted octanol–water partition coefficient (Wildman–Crippen LogP) is 2.33. The highest BCUT2D eigenvalue weighted by molar-refractivity contribution is 5.76. The molecule has 0 spiro atoms. The molecule has 1 aliphatic carbocycles. The van der Waals surface area contributed by atoms with Gasteiger partial charge in [-0.25, -0.2) is 4.79 Å². The summed E-state index contributed by atoms with van der Waals surface area (Å²) in [6, 6.07) is 0.735. The molecule has 23 heavy (non-hydrogen) atoms. The zero-order valence-electron chi connectivity index (χ0n) is 15.2. The van der Waals surface area contributed by atoms with E-state index in [2.05, 4.69) is 22.9 Å². The smallest absolute Gasteiger partial charge is 0.407 e. The van der Waals surface area contributed by atoms with E-state index in [1.807, 2.05) is 27.7 Å². The fraction of sp³-hybridized carbons (Fsp3) is 0.882. The van der Waals surface area contributed by atoms with Gasteiger partial charge in [0.2, 0.25) is 5.91 Å². The first-order valence-corrected chi connectivity index (χ1v) is 8.72. The Morgan fingerprint density at radius 1 is 1.22 bits per heavy atom. The molecular weight excluding hydrogens is 294 g/mol. The minimum Gasteiger partial charge on any atom is -0.444 e. The van der Waals surface area contributed by atoms with Crippen LogP contribution in [0.2, 0.25) is 0 Å². The Kier molecular flexibility index (Phi) is 7.82. The normalized spacial score (nSPS) is 22.5. The molecule has 2 amide bonds. The van der Waals surface area contributed by atoms with Gasteiger partial charge in [0.1, 0.15) is 5.60 Å². The lowest BCUT2D eigenvalue weighted by Gasteiger charge is -2.21. The topological polar surface area (TPSA) is 79.5 Å². The van der Waals surface area contributed by atoms with Crippen LogP contribution in [-0.2, 0) is 9.53 Å². The summed E-state index contributed by atoms with van der Waals surface area (Å²) in [5.74, 6) is 0.0910. The third kappa shape index (κ3) is 8.79. The fourth-order valence-corrected chi connectivity index (χ4v) is 2.61. The Hall–Kier alpha value is -1.30. The van der Waals surface area contributed by atoms with Crippen LogP contribution < -0.4 is 16.0 Å². The van der Waals surface area contributed by atoms with Crippen molar-refractivity contribution in [3.8, 4) is 0 Å². The zero-order valence-corrected chi connectivity index (χ0v) is 15.2. The van der Waals surface area contributed by atoms with E-state index in [9.17, 15) is 9.59 Å². The van der Waals surface area contributed by atoms with Crippen molar-refractivity contribution in [3.05, 3.63) is 0 Å². The van der Waals surface area contributed by atoms with Crippen molar-refractivity contribution in [1.82, 2.24) is 16.0 Å². The highest BCUT2D eigenvalue weighted by Gasteiger charge is 2.27. The number of carbonyl (C=O) groups is 2. The Labute approximate surface area is 140 Å². The van der Waals surface area contributed by atoms with E-state index in [1.54, 1.807) is 0 Å². The number of alkyl carbamates (subject to hydrolysis) is 1. The van der Waals surface area contributed by atoms with Crippen molar-refractivity contribution in [1.29, 1.82) is 0 Å². The quantitative estimate of drug-likeness (QED) is 0.670. The number of amides is 2. The second-order valence-corrected chi connectivity index (χ2v) is 7.43. The van der Waals surface area contributed by atoms with Crippen LogP contribution in [0.4, 0.5) is 4.79 Å². The SMILES string of the molecule is CCC(C)NC(=O)CCNC1CCC(NC(=O)OC(C)(C)C)C1. The standard InChI is InChI=1S/C17H33N3O3/c1-6-12(2)19-15(21)9-10-18-13-7-8-14(11-13)20-16(22)23-17(3,4)5/h12-14,18H,6-11H2,1-5H3,(H,19,21)(H,20,22). The van der Waals surface area contributed by atoms with E-state index >= 15 is 0 Å². The summed E-state index contributed by atoms with van der Waals surface area (Å²) in [6.07, 6.45) is 3.91. The fourth-order valence-electron chi connectivity index (χ4n) is 2.61. The van der Waals surface area contributed by atoms with Gasteiger partial charge in [-0.3, -0.25) is 4.79 Å². The summed E-state index contributed by atoms with van der Waals surface area (Å²) < 4.78 is 5.27. The van der Waals surface area contributed by atoms with Crippen LogP contribution in [0.1, 0.15) is 66.7 Å². The van der Waals surface area contributed by atoms with Gasteiger partial charge in [0, 0.05) is 31.1 Å². The molecule has 1 aliphatic rings. The number of hydrogen-bond donors (Lipinski definition) is 3. The van der Waals surface area contributed by atoms with Crippen molar-refractivity contribution in [2.45, 2.75) is 90.4 Å². The molecule has 1 rings (SSSR count). The number of carbonyl (C=O) groups excluding carboxylic acids is 2. The van der Waals surface area contributed by atoms with Gasteiger partial charge in [-0.15, -0.1) is 0 Å². The first-order valence-electron chi connectivity index (χ1n) is 8.72. The summed E-state index contributed by atoms with van der Waals surface area (Å²) >= 11 is 0. The van der Waals surface area contributed by atoms with E-state index in [-0.39, 0.29) is 24.1 Å². The van der Waals surface area contributed by atoms with E-state index in [4.69, 9.17) is 4.74 Å².